The van der Waals surface area contributed by atoms with E-state index in [4.69, 9.17) is 9.72 Å². The maximum Gasteiger partial charge on any atom is 0.269 e. The first kappa shape index (κ1) is 49.3. The predicted molar refractivity (Wildman–Crippen MR) is 319 cm³/mol. The lowest BCUT2D eigenvalue weighted by Gasteiger charge is -2.42. The highest BCUT2D eigenvalue weighted by atomic mass is 16.5. The average molecular weight is 1010 g/mol. The van der Waals surface area contributed by atoms with E-state index in [0.29, 0.717) is 0 Å². The number of aromatic nitrogens is 4. The molecule has 0 unspecified atom stereocenters. The van der Waals surface area contributed by atoms with Crippen molar-refractivity contribution >= 4 is 32.8 Å². The van der Waals surface area contributed by atoms with Crippen molar-refractivity contribution in [1.29, 1.82) is 0 Å². The summed E-state index contributed by atoms with van der Waals surface area (Å²) >= 11 is 0. The lowest BCUT2D eigenvalue weighted by Crippen LogP contribution is -2.34. The van der Waals surface area contributed by atoms with Crippen molar-refractivity contribution in [3.8, 4) is 50.9 Å². The number of benzene rings is 7. The lowest BCUT2D eigenvalue weighted by molar-refractivity contribution is -0.571. The Labute approximate surface area is 456 Å². The largest absolute Gasteiger partial charge is 0.458 e. The third kappa shape index (κ3) is 8.00. The van der Waals surface area contributed by atoms with Gasteiger partial charge in [-0.3, -0.25) is 13.7 Å². The van der Waals surface area contributed by atoms with Crippen LogP contribution in [-0.2, 0) is 32.5 Å². The van der Waals surface area contributed by atoms with Crippen molar-refractivity contribution in [1.82, 2.24) is 14.1 Å². The Balaban J connectivity index is 0.946. The van der Waals surface area contributed by atoms with Crippen LogP contribution in [0.15, 0.2) is 158 Å². The highest BCUT2D eigenvalue weighted by molar-refractivity contribution is 6.09. The minimum absolute atomic E-state index is 0.0566. The molecular weight excluding hydrogens is 937 g/mol. The van der Waals surface area contributed by atoms with Crippen LogP contribution in [0.2, 0.25) is 0 Å². The van der Waals surface area contributed by atoms with Crippen molar-refractivity contribution in [2.75, 3.05) is 0 Å². The first-order chi connectivity index (χ1) is 36.6. The van der Waals surface area contributed by atoms with E-state index in [1.807, 2.05) is 0 Å². The van der Waals surface area contributed by atoms with E-state index < -0.39 is 0 Å². The summed E-state index contributed by atoms with van der Waals surface area (Å²) in [6.45, 7) is 28.9. The summed E-state index contributed by atoms with van der Waals surface area (Å²) in [5.41, 5.74) is 20.4. The Hall–Kier alpha value is -7.24. The maximum atomic E-state index is 6.93. The second kappa shape index (κ2) is 17.1. The van der Waals surface area contributed by atoms with E-state index in [0.717, 1.165) is 76.4 Å². The Morgan fingerprint density at radius 1 is 0.429 bits per heavy atom. The van der Waals surface area contributed by atoms with Gasteiger partial charge in [0.1, 0.15) is 17.3 Å². The molecule has 0 spiro atoms. The highest BCUT2D eigenvalue weighted by Crippen LogP contribution is 2.51. The van der Waals surface area contributed by atoms with Crippen molar-refractivity contribution < 1.29 is 9.30 Å². The minimum Gasteiger partial charge on any atom is -0.458 e. The Bertz CT molecular complexity index is 3940. The van der Waals surface area contributed by atoms with Crippen molar-refractivity contribution in [2.45, 2.75) is 154 Å². The van der Waals surface area contributed by atoms with Gasteiger partial charge in [0.05, 0.1) is 33.4 Å². The number of fused-ring (bicyclic) bond motifs is 7. The molecule has 0 saturated carbocycles. The zero-order valence-electron chi connectivity index (χ0n) is 47.5. The number of hydrogen-bond donors (Lipinski definition) is 0. The SMILES string of the molecule is CC1(C)CCC(C)(C)c2cc(-c3cccc(-c4ccc5c(c4)C(C)(C)CCC5(C)C)c3-[n+]3[c-]n(-c4cccc(Oc5ccc6c7ccccc7n(-c7cc8c(cn7)C(C)(C)CCC8(C)C)c6c5)c4)c4ccccc43)ccc21. The van der Waals surface area contributed by atoms with Crippen LogP contribution in [0, 0.1) is 6.33 Å². The van der Waals surface area contributed by atoms with E-state index in [1.54, 1.807) is 0 Å². The van der Waals surface area contributed by atoms with Gasteiger partial charge in [-0.1, -0.05) is 186 Å². The van der Waals surface area contributed by atoms with E-state index in [2.05, 4.69) is 261 Å². The molecule has 0 atom stereocenters. The Morgan fingerprint density at radius 2 is 0.935 bits per heavy atom. The van der Waals surface area contributed by atoms with Gasteiger partial charge >= 0.3 is 0 Å². The van der Waals surface area contributed by atoms with Crippen LogP contribution >= 0.6 is 0 Å². The zero-order valence-corrected chi connectivity index (χ0v) is 47.5. The molecule has 3 aliphatic rings. The van der Waals surface area contributed by atoms with E-state index in [9.17, 15) is 0 Å². The smallest absolute Gasteiger partial charge is 0.269 e. The fourth-order valence-corrected chi connectivity index (χ4v) is 13.8. The van der Waals surface area contributed by atoms with Gasteiger partial charge in [-0.05, 0) is 169 Å². The number of rotatable bonds is 7. The van der Waals surface area contributed by atoms with E-state index in [1.165, 1.54) is 79.2 Å². The molecule has 0 N–H and O–H groups in total. The monoisotopic (exact) mass is 1010 g/mol. The molecule has 0 saturated heterocycles. The Kier molecular flexibility index (Phi) is 11.0. The standard InChI is InChI=1S/C72H74N4O/c1-67(2)33-35-69(5,6)57-39-46(27-31-55(57)67)51-22-18-23-52(47-28-32-56-58(40-47)70(7,8)36-34-68(56,3)4)66(51)75-45-74(62-25-15-16-26-63(62)75)48-19-17-20-49(41-48)77-50-29-30-54-53-21-13-14-24-61(53)76(64(54)42-50)65-43-59-60(44-73-65)72(11,12)38-37-71(59,9)10/h13-32,39-44H,33-38H2,1-12H3. The topological polar surface area (TPSA) is 35.9 Å². The lowest BCUT2D eigenvalue weighted by atomic mass is 9.62. The molecule has 5 nitrogen and oxygen atoms in total. The fraction of sp³-hybridized carbons (Fsp3) is 0.333. The second-order valence-electron chi connectivity index (χ2n) is 27.0. The molecular formula is C72H74N4O. The van der Waals surface area contributed by atoms with Crippen LogP contribution in [0.3, 0.4) is 0 Å². The number of hydrogen-bond acceptors (Lipinski definition) is 2. The molecule has 0 radical (unpaired) electrons. The summed E-state index contributed by atoms with van der Waals surface area (Å²) in [5.74, 6) is 2.45. The van der Waals surface area contributed by atoms with Crippen LogP contribution in [0.25, 0.3) is 72.3 Å². The third-order valence-corrected chi connectivity index (χ3v) is 19.1. The zero-order chi connectivity index (χ0) is 53.6. The van der Waals surface area contributed by atoms with Gasteiger partial charge in [0.25, 0.3) is 6.33 Å². The van der Waals surface area contributed by atoms with Crippen LogP contribution in [0.4, 0.5) is 0 Å². The molecule has 0 amide bonds. The molecule has 0 aliphatic heterocycles. The number of nitrogens with zero attached hydrogens (tertiary/aromatic N) is 4. The van der Waals surface area contributed by atoms with E-state index in [-0.39, 0.29) is 32.5 Å². The molecule has 3 aromatic heterocycles. The number of imidazole rings is 1. The maximum absolute atomic E-state index is 6.93. The van der Waals surface area contributed by atoms with E-state index >= 15 is 0 Å². The summed E-state index contributed by atoms with van der Waals surface area (Å²) in [6, 6.07) is 56.3. The summed E-state index contributed by atoms with van der Waals surface area (Å²) < 4.78 is 13.8. The molecule has 7 aromatic carbocycles. The molecule has 0 bridgehead atoms. The molecule has 3 aliphatic carbocycles. The summed E-state index contributed by atoms with van der Waals surface area (Å²) in [4.78, 5) is 5.22. The second-order valence-corrected chi connectivity index (χ2v) is 27.0. The molecule has 10 aromatic rings. The molecule has 13 rings (SSSR count). The first-order valence-corrected chi connectivity index (χ1v) is 28.3. The first-order valence-electron chi connectivity index (χ1n) is 28.3. The summed E-state index contributed by atoms with van der Waals surface area (Å²) in [5, 5.41) is 2.37. The van der Waals surface area contributed by atoms with Gasteiger partial charge in [-0.15, -0.1) is 0 Å². The number of pyridine rings is 1. The highest BCUT2D eigenvalue weighted by Gasteiger charge is 2.40. The molecule has 77 heavy (non-hydrogen) atoms. The predicted octanol–water partition coefficient (Wildman–Crippen LogP) is 18.4. The molecule has 388 valence electrons. The number of para-hydroxylation sites is 4. The molecule has 0 fully saturated rings. The number of ether oxygens (including phenoxy) is 1. The van der Waals surface area contributed by atoms with Crippen LogP contribution in [0.1, 0.15) is 155 Å². The summed E-state index contributed by atoms with van der Waals surface area (Å²) in [7, 11) is 0. The quantitative estimate of drug-likeness (QED) is 0.118. The van der Waals surface area contributed by atoms with Gasteiger partial charge < -0.3 is 4.74 Å². The van der Waals surface area contributed by atoms with Crippen molar-refractivity contribution in [3.63, 3.8) is 0 Å². The normalized spacial score (nSPS) is 18.4. The van der Waals surface area contributed by atoms with Crippen molar-refractivity contribution in [2.24, 2.45) is 0 Å². The van der Waals surface area contributed by atoms with Crippen LogP contribution in [-0.4, -0.2) is 14.1 Å². The Morgan fingerprint density at radius 3 is 1.56 bits per heavy atom. The average Bonchev–Trinajstić information content (AvgIpc) is 4.09. The van der Waals surface area contributed by atoms with Gasteiger partial charge in [-0.2, -0.15) is 0 Å². The van der Waals surface area contributed by atoms with Gasteiger partial charge in [0, 0.05) is 23.0 Å². The molecule has 3 heterocycles. The minimum atomic E-state index is 0.0566. The van der Waals surface area contributed by atoms with Gasteiger partial charge in [-0.25, -0.2) is 4.98 Å². The van der Waals surface area contributed by atoms with Crippen LogP contribution < -0.4 is 9.30 Å². The summed E-state index contributed by atoms with van der Waals surface area (Å²) in [6.07, 6.45) is 13.1. The fourth-order valence-electron chi connectivity index (χ4n) is 13.8. The van der Waals surface area contributed by atoms with Gasteiger partial charge in [0.15, 0.2) is 0 Å². The van der Waals surface area contributed by atoms with Crippen LogP contribution in [0.5, 0.6) is 11.5 Å². The molecule has 5 heteroatoms. The van der Waals surface area contributed by atoms with Gasteiger partial charge in [0.2, 0.25) is 0 Å². The third-order valence-electron chi connectivity index (χ3n) is 19.1. The van der Waals surface area contributed by atoms with Crippen molar-refractivity contribution in [3.05, 3.63) is 198 Å².